The zero-order chi connectivity index (χ0) is 19.0. The number of rotatable bonds is 5. The van der Waals surface area contributed by atoms with Crippen LogP contribution in [0.25, 0.3) is 10.7 Å². The fourth-order valence-corrected chi connectivity index (χ4v) is 5.82. The number of hydrogen-bond donors (Lipinski definition) is 1. The van der Waals surface area contributed by atoms with E-state index in [0.29, 0.717) is 26.5 Å². The molecule has 0 fully saturated rings. The summed E-state index contributed by atoms with van der Waals surface area (Å²) in [5, 5.41) is 15.0. The summed E-state index contributed by atoms with van der Waals surface area (Å²) in [6.07, 6.45) is 5.54. The third kappa shape index (κ3) is 3.92. The van der Waals surface area contributed by atoms with E-state index in [1.165, 1.54) is 21.6 Å². The van der Waals surface area contributed by atoms with E-state index in [-0.39, 0.29) is 5.69 Å². The fraction of sp³-hybridized carbons (Fsp3) is 0.500. The fourth-order valence-electron chi connectivity index (χ4n) is 2.89. The summed E-state index contributed by atoms with van der Waals surface area (Å²) in [5.41, 5.74) is 3.03. The molecule has 0 aromatic carbocycles. The molecule has 3 rings (SSSR count). The first-order valence-electron chi connectivity index (χ1n) is 8.63. The van der Waals surface area contributed by atoms with Crippen molar-refractivity contribution in [3.05, 3.63) is 27.6 Å². The molecule has 1 aliphatic rings. The number of carboxylic acids is 1. The SMILES string of the molecule is Cc1nn(-c2nc(C3=CCC(C)CC3)c(SC(C)C)s2)c(C(=O)O)c1Br. The molecule has 1 unspecified atom stereocenters. The summed E-state index contributed by atoms with van der Waals surface area (Å²) < 4.78 is 3.09. The molecule has 0 spiro atoms. The Morgan fingerprint density at radius 2 is 2.23 bits per heavy atom. The highest BCUT2D eigenvalue weighted by Gasteiger charge is 2.25. The first kappa shape index (κ1) is 19.6. The van der Waals surface area contributed by atoms with Gasteiger partial charge in [-0.25, -0.2) is 9.78 Å². The summed E-state index contributed by atoms with van der Waals surface area (Å²) in [6.45, 7) is 8.37. The van der Waals surface area contributed by atoms with E-state index in [2.05, 4.69) is 47.9 Å². The normalized spacial score (nSPS) is 17.6. The number of thioether (sulfide) groups is 1. The van der Waals surface area contributed by atoms with E-state index in [9.17, 15) is 9.90 Å². The number of carboxylic acid groups (broad SMARTS) is 1. The molecule has 0 bridgehead atoms. The average molecular weight is 456 g/mol. The van der Waals surface area contributed by atoms with Crippen LogP contribution in [-0.2, 0) is 0 Å². The van der Waals surface area contributed by atoms with Crippen LogP contribution in [-0.4, -0.2) is 31.1 Å². The van der Waals surface area contributed by atoms with Crippen molar-refractivity contribution in [2.24, 2.45) is 5.92 Å². The van der Waals surface area contributed by atoms with Gasteiger partial charge in [0.15, 0.2) is 5.69 Å². The van der Waals surface area contributed by atoms with Crippen LogP contribution >= 0.6 is 39.0 Å². The van der Waals surface area contributed by atoms with Gasteiger partial charge in [-0.3, -0.25) is 0 Å². The minimum Gasteiger partial charge on any atom is -0.476 e. The molecule has 140 valence electrons. The summed E-state index contributed by atoms with van der Waals surface area (Å²) in [5.74, 6) is -0.306. The molecular formula is C18H22BrN3O2S2. The van der Waals surface area contributed by atoms with Crippen molar-refractivity contribution >= 4 is 50.6 Å². The van der Waals surface area contributed by atoms with Crippen LogP contribution in [0, 0.1) is 12.8 Å². The average Bonchev–Trinajstić information content (AvgIpc) is 3.09. The van der Waals surface area contributed by atoms with Crippen LogP contribution in [0.2, 0.25) is 0 Å². The Labute approximate surface area is 170 Å². The van der Waals surface area contributed by atoms with Crippen molar-refractivity contribution in [3.8, 4) is 5.13 Å². The first-order valence-corrected chi connectivity index (χ1v) is 11.1. The van der Waals surface area contributed by atoms with Gasteiger partial charge in [0, 0.05) is 5.25 Å². The van der Waals surface area contributed by atoms with Gasteiger partial charge in [-0.15, -0.1) is 11.8 Å². The predicted octanol–water partition coefficient (Wildman–Crippen LogP) is 5.80. The zero-order valence-corrected chi connectivity index (χ0v) is 18.5. The molecule has 1 N–H and O–H groups in total. The third-order valence-electron chi connectivity index (χ3n) is 4.28. The lowest BCUT2D eigenvalue weighted by molar-refractivity contribution is 0.0686. The Bertz CT molecular complexity index is 870. The zero-order valence-electron chi connectivity index (χ0n) is 15.2. The van der Waals surface area contributed by atoms with Crippen molar-refractivity contribution in [1.82, 2.24) is 14.8 Å². The van der Waals surface area contributed by atoms with Crippen molar-refractivity contribution in [2.45, 2.75) is 56.4 Å². The van der Waals surface area contributed by atoms with E-state index in [1.807, 2.05) is 0 Å². The van der Waals surface area contributed by atoms with Gasteiger partial charge in [0.05, 0.1) is 20.1 Å². The van der Waals surface area contributed by atoms with Gasteiger partial charge in [0.25, 0.3) is 0 Å². The molecule has 26 heavy (non-hydrogen) atoms. The lowest BCUT2D eigenvalue weighted by Crippen LogP contribution is -2.08. The van der Waals surface area contributed by atoms with Crippen LogP contribution in [0.15, 0.2) is 14.8 Å². The predicted molar refractivity (Wildman–Crippen MR) is 111 cm³/mol. The Balaban J connectivity index is 2.10. The first-order chi connectivity index (χ1) is 12.3. The molecule has 5 nitrogen and oxygen atoms in total. The van der Waals surface area contributed by atoms with E-state index in [4.69, 9.17) is 4.98 Å². The third-order valence-corrected chi connectivity index (χ3v) is 7.47. The molecule has 1 atom stereocenters. The molecule has 2 heterocycles. The molecule has 2 aromatic heterocycles. The van der Waals surface area contributed by atoms with Gasteiger partial charge in [-0.05, 0) is 53.6 Å². The van der Waals surface area contributed by atoms with E-state index in [0.717, 1.165) is 29.2 Å². The van der Waals surface area contributed by atoms with Gasteiger partial charge in [0.2, 0.25) is 5.13 Å². The summed E-state index contributed by atoms with van der Waals surface area (Å²) in [7, 11) is 0. The highest BCUT2D eigenvalue weighted by atomic mass is 79.9. The molecule has 2 aromatic rings. The Hall–Kier alpha value is -1.12. The molecule has 0 saturated heterocycles. The van der Waals surface area contributed by atoms with Crippen LogP contribution in [0.3, 0.4) is 0 Å². The molecule has 1 aliphatic carbocycles. The maximum Gasteiger partial charge on any atom is 0.355 e. The lowest BCUT2D eigenvalue weighted by Gasteiger charge is -2.18. The number of aromatic nitrogens is 3. The molecule has 0 saturated carbocycles. The smallest absolute Gasteiger partial charge is 0.355 e. The van der Waals surface area contributed by atoms with Crippen molar-refractivity contribution < 1.29 is 9.90 Å². The summed E-state index contributed by atoms with van der Waals surface area (Å²) in [6, 6.07) is 0. The highest BCUT2D eigenvalue weighted by Crippen LogP contribution is 2.41. The number of aromatic carboxylic acids is 1. The van der Waals surface area contributed by atoms with Crippen LogP contribution in [0.1, 0.15) is 61.9 Å². The molecule has 0 amide bonds. The standard InChI is InChI=1S/C18H22BrN3O2S2/c1-9(2)25-17-14(12-7-5-10(3)6-8-12)20-18(26-17)22-15(16(23)24)13(19)11(4)21-22/h7,9-10H,5-6,8H2,1-4H3,(H,23,24). The minimum atomic E-state index is -1.02. The molecule has 8 heteroatoms. The second kappa shape index (κ2) is 7.86. The van der Waals surface area contributed by atoms with Gasteiger partial charge in [-0.2, -0.15) is 9.78 Å². The monoisotopic (exact) mass is 455 g/mol. The van der Waals surface area contributed by atoms with Crippen LogP contribution in [0.4, 0.5) is 0 Å². The quantitative estimate of drug-likeness (QED) is 0.576. The van der Waals surface area contributed by atoms with E-state index < -0.39 is 5.97 Å². The number of hydrogen-bond acceptors (Lipinski definition) is 5. The van der Waals surface area contributed by atoms with Gasteiger partial charge >= 0.3 is 5.97 Å². The van der Waals surface area contributed by atoms with E-state index in [1.54, 1.807) is 18.7 Å². The topological polar surface area (TPSA) is 68.0 Å². The van der Waals surface area contributed by atoms with Crippen LogP contribution < -0.4 is 0 Å². The Kier molecular flexibility index (Phi) is 5.94. The van der Waals surface area contributed by atoms with Crippen molar-refractivity contribution in [2.75, 3.05) is 0 Å². The van der Waals surface area contributed by atoms with Gasteiger partial charge < -0.3 is 5.11 Å². The van der Waals surface area contributed by atoms with Gasteiger partial charge in [-0.1, -0.05) is 38.2 Å². The molecular weight excluding hydrogens is 434 g/mol. The number of allylic oxidation sites excluding steroid dienone is 2. The van der Waals surface area contributed by atoms with Crippen molar-refractivity contribution in [3.63, 3.8) is 0 Å². The summed E-state index contributed by atoms with van der Waals surface area (Å²) in [4.78, 5) is 16.5. The van der Waals surface area contributed by atoms with Crippen LogP contribution in [0.5, 0.6) is 0 Å². The maximum absolute atomic E-state index is 11.7. The lowest BCUT2D eigenvalue weighted by atomic mass is 9.90. The number of carbonyl (C=O) groups is 1. The number of nitrogens with zero attached hydrogens (tertiary/aromatic N) is 3. The van der Waals surface area contributed by atoms with Gasteiger partial charge in [0.1, 0.15) is 0 Å². The van der Waals surface area contributed by atoms with Crippen molar-refractivity contribution in [1.29, 1.82) is 0 Å². The molecule has 0 radical (unpaired) electrons. The molecule has 0 aliphatic heterocycles. The maximum atomic E-state index is 11.7. The Morgan fingerprint density at radius 3 is 2.81 bits per heavy atom. The minimum absolute atomic E-state index is 0.121. The highest BCUT2D eigenvalue weighted by molar-refractivity contribution is 9.10. The number of aryl methyl sites for hydroxylation is 1. The second-order valence-electron chi connectivity index (χ2n) is 6.87. The number of thiazole rings is 1. The Morgan fingerprint density at radius 1 is 1.50 bits per heavy atom. The second-order valence-corrected chi connectivity index (χ2v) is 10.5. The van der Waals surface area contributed by atoms with E-state index >= 15 is 0 Å². The largest absolute Gasteiger partial charge is 0.476 e. The number of halogens is 1. The summed E-state index contributed by atoms with van der Waals surface area (Å²) >= 11 is 6.64.